The number of nitrogens with two attached hydrogens (primary N) is 1. The van der Waals surface area contributed by atoms with E-state index in [0.717, 1.165) is 26.4 Å². The van der Waals surface area contributed by atoms with E-state index >= 15 is 0 Å². The van der Waals surface area contributed by atoms with Crippen molar-refractivity contribution in [2.24, 2.45) is 5.73 Å². The molecule has 0 saturated heterocycles. The van der Waals surface area contributed by atoms with Crippen LogP contribution in [0.25, 0.3) is 0 Å². The van der Waals surface area contributed by atoms with Crippen LogP contribution in [0.5, 0.6) is 11.5 Å². The monoisotopic (exact) mass is 415 g/mol. The number of carbonyl (C=O) groups excluding carboxylic acids is 1. The summed E-state index contributed by atoms with van der Waals surface area (Å²) in [6, 6.07) is 3.16. The third kappa shape index (κ3) is 4.45. The van der Waals surface area contributed by atoms with E-state index < -0.39 is 58.8 Å². The van der Waals surface area contributed by atoms with Gasteiger partial charge < -0.3 is 19.9 Å². The second-order valence-corrected chi connectivity index (χ2v) is 6.38. The first-order valence-corrected chi connectivity index (χ1v) is 8.63. The number of halogens is 4. The molecule has 0 spiro atoms. The molecule has 0 aromatic heterocycles. The van der Waals surface area contributed by atoms with Crippen molar-refractivity contribution in [1.82, 2.24) is 0 Å². The van der Waals surface area contributed by atoms with Crippen LogP contribution in [-0.4, -0.2) is 32.3 Å². The lowest BCUT2D eigenvalue weighted by Crippen LogP contribution is -2.34. The van der Waals surface area contributed by atoms with Gasteiger partial charge in [-0.25, -0.2) is 8.78 Å². The molecule has 0 aliphatic rings. The highest BCUT2D eigenvalue weighted by Gasteiger charge is 2.33. The summed E-state index contributed by atoms with van der Waals surface area (Å²) in [5.41, 5.74) is 5.60. The van der Waals surface area contributed by atoms with E-state index in [1.807, 2.05) is 0 Å². The Labute approximate surface area is 165 Å². The maximum atomic E-state index is 14.3. The van der Waals surface area contributed by atoms with Crippen molar-refractivity contribution in [3.8, 4) is 11.5 Å². The fourth-order valence-corrected chi connectivity index (χ4v) is 3.03. The largest absolute Gasteiger partial charge is 0.493 e. The van der Waals surface area contributed by atoms with Crippen LogP contribution < -0.4 is 15.2 Å². The Hall–Kier alpha value is -2.81. The Kier molecular flexibility index (Phi) is 7.07. The van der Waals surface area contributed by atoms with Crippen molar-refractivity contribution in [2.75, 3.05) is 14.2 Å². The predicted octanol–water partition coefficient (Wildman–Crippen LogP) is 3.67. The number of rotatable bonds is 7. The summed E-state index contributed by atoms with van der Waals surface area (Å²) in [5.74, 6) is -7.68. The van der Waals surface area contributed by atoms with E-state index in [4.69, 9.17) is 19.9 Å². The predicted molar refractivity (Wildman–Crippen MR) is 96.9 cm³/mol. The quantitative estimate of drug-likeness (QED) is 0.552. The molecule has 0 aliphatic carbocycles. The lowest BCUT2D eigenvalue weighted by atomic mass is 9.85. The number of esters is 1. The van der Waals surface area contributed by atoms with Crippen LogP contribution in [0.15, 0.2) is 24.3 Å². The van der Waals surface area contributed by atoms with Gasteiger partial charge in [0.05, 0.1) is 20.1 Å². The summed E-state index contributed by atoms with van der Waals surface area (Å²) >= 11 is 0. The van der Waals surface area contributed by atoms with Crippen LogP contribution in [0.4, 0.5) is 17.6 Å². The maximum absolute atomic E-state index is 14.3. The molecule has 0 saturated carbocycles. The third-order valence-corrected chi connectivity index (χ3v) is 4.38. The molecule has 29 heavy (non-hydrogen) atoms. The first-order valence-electron chi connectivity index (χ1n) is 8.63. The topological polar surface area (TPSA) is 70.8 Å². The Morgan fingerprint density at radius 3 is 1.62 bits per heavy atom. The van der Waals surface area contributed by atoms with E-state index in [1.54, 1.807) is 0 Å². The highest BCUT2D eigenvalue weighted by Crippen LogP contribution is 2.42. The van der Waals surface area contributed by atoms with Gasteiger partial charge >= 0.3 is 5.97 Å². The summed E-state index contributed by atoms with van der Waals surface area (Å²) in [4.78, 5) is 12.0. The molecule has 2 N–H and O–H groups in total. The van der Waals surface area contributed by atoms with Gasteiger partial charge in [-0.2, -0.15) is 8.78 Å². The molecule has 2 rings (SSSR count). The van der Waals surface area contributed by atoms with Crippen molar-refractivity contribution in [2.45, 2.75) is 31.9 Å². The zero-order valence-corrected chi connectivity index (χ0v) is 16.3. The van der Waals surface area contributed by atoms with Crippen molar-refractivity contribution in [3.63, 3.8) is 0 Å². The van der Waals surface area contributed by atoms with Gasteiger partial charge in [0.1, 0.15) is 12.1 Å². The Balaban J connectivity index is 2.74. The second-order valence-electron chi connectivity index (χ2n) is 6.38. The van der Waals surface area contributed by atoms with Crippen LogP contribution >= 0.6 is 0 Å². The van der Waals surface area contributed by atoms with Gasteiger partial charge in [-0.1, -0.05) is 12.1 Å². The van der Waals surface area contributed by atoms with Crippen LogP contribution in [-0.2, 0) is 9.53 Å². The van der Waals surface area contributed by atoms with Gasteiger partial charge in [0.2, 0.25) is 11.6 Å². The highest BCUT2D eigenvalue weighted by atomic mass is 19.2. The molecule has 0 bridgehead atoms. The molecule has 0 radical (unpaired) electrons. The fourth-order valence-electron chi connectivity index (χ4n) is 3.03. The van der Waals surface area contributed by atoms with E-state index in [2.05, 4.69) is 0 Å². The molecule has 5 nitrogen and oxygen atoms in total. The molecule has 2 atom stereocenters. The number of hydrogen-bond donors (Lipinski definition) is 1. The number of methoxy groups -OCH3 is 2. The summed E-state index contributed by atoms with van der Waals surface area (Å²) in [5, 5.41) is 0. The zero-order chi connectivity index (χ0) is 21.9. The number of benzene rings is 2. The van der Waals surface area contributed by atoms with Gasteiger partial charge in [0, 0.05) is 11.1 Å². The molecule has 2 aromatic carbocycles. The molecule has 0 fully saturated rings. The van der Waals surface area contributed by atoms with Crippen molar-refractivity contribution >= 4 is 5.97 Å². The number of carbonyl (C=O) groups is 1. The van der Waals surface area contributed by atoms with Crippen LogP contribution in [0, 0.1) is 23.3 Å². The van der Waals surface area contributed by atoms with E-state index in [0.29, 0.717) is 0 Å². The van der Waals surface area contributed by atoms with E-state index in [-0.39, 0.29) is 11.1 Å². The SMILES string of the molecule is COc1c(C(c2ccc(F)c(F)c2OC)[C@H](C)OC(=O)[C@H](C)N)ccc(F)c1F. The molecule has 0 heterocycles. The molecule has 0 amide bonds. The minimum atomic E-state index is -1.28. The highest BCUT2D eigenvalue weighted by molar-refractivity contribution is 5.75. The average molecular weight is 415 g/mol. The van der Waals surface area contributed by atoms with E-state index in [1.165, 1.54) is 26.0 Å². The van der Waals surface area contributed by atoms with Crippen LogP contribution in [0.3, 0.4) is 0 Å². The first kappa shape index (κ1) is 22.5. The maximum Gasteiger partial charge on any atom is 0.322 e. The minimum absolute atomic E-state index is 0.0423. The minimum Gasteiger partial charge on any atom is -0.493 e. The lowest BCUT2D eigenvalue weighted by molar-refractivity contribution is -0.150. The van der Waals surface area contributed by atoms with Crippen molar-refractivity contribution < 1.29 is 36.6 Å². The summed E-state index contributed by atoms with van der Waals surface area (Å²) in [6.07, 6.45) is -1.05. The summed E-state index contributed by atoms with van der Waals surface area (Å²) < 4.78 is 71.4. The summed E-state index contributed by atoms with van der Waals surface area (Å²) in [7, 11) is 2.25. The third-order valence-electron chi connectivity index (χ3n) is 4.38. The molecule has 158 valence electrons. The smallest absolute Gasteiger partial charge is 0.322 e. The van der Waals surface area contributed by atoms with Gasteiger partial charge in [0.15, 0.2) is 23.1 Å². The summed E-state index contributed by atoms with van der Waals surface area (Å²) in [6.45, 7) is 2.85. The van der Waals surface area contributed by atoms with Crippen LogP contribution in [0.1, 0.15) is 30.9 Å². The molecular weight excluding hydrogens is 394 g/mol. The molecule has 0 aliphatic heterocycles. The van der Waals surface area contributed by atoms with Crippen LogP contribution in [0.2, 0.25) is 0 Å². The Bertz CT molecular complexity index is 845. The normalized spacial score (nSPS) is 13.2. The zero-order valence-electron chi connectivity index (χ0n) is 16.3. The van der Waals surface area contributed by atoms with Gasteiger partial charge in [-0.3, -0.25) is 4.79 Å². The second kappa shape index (κ2) is 9.13. The van der Waals surface area contributed by atoms with Gasteiger partial charge in [0.25, 0.3) is 0 Å². The lowest BCUT2D eigenvalue weighted by Gasteiger charge is -2.28. The van der Waals surface area contributed by atoms with E-state index in [9.17, 15) is 22.4 Å². The van der Waals surface area contributed by atoms with Gasteiger partial charge in [-0.05, 0) is 26.0 Å². The first-order chi connectivity index (χ1) is 13.6. The van der Waals surface area contributed by atoms with Crippen molar-refractivity contribution in [1.29, 1.82) is 0 Å². The molecule has 9 heteroatoms. The van der Waals surface area contributed by atoms with Crippen molar-refractivity contribution in [3.05, 3.63) is 58.7 Å². The van der Waals surface area contributed by atoms with Gasteiger partial charge in [-0.15, -0.1) is 0 Å². The Morgan fingerprint density at radius 2 is 1.28 bits per heavy atom. The molecule has 0 unspecified atom stereocenters. The standard InChI is InChI=1S/C20H21F4NO4/c1-9(25)20(26)29-10(2)15(11-5-7-13(21)16(23)18(11)27-3)12-6-8-14(22)17(24)19(12)28-4/h5-10,15H,25H2,1-4H3/t9-,10-/m0/s1. The average Bonchev–Trinajstić information content (AvgIpc) is 2.67. The number of ether oxygens (including phenoxy) is 3. The number of hydrogen-bond acceptors (Lipinski definition) is 5. The molecular formula is C20H21F4NO4. The fraction of sp³-hybridized carbons (Fsp3) is 0.350. The Morgan fingerprint density at radius 1 is 0.862 bits per heavy atom. The molecule has 2 aromatic rings.